The Bertz CT molecular complexity index is 758. The SMILES string of the molecule is CCOC(=O)c1cccc(N=Nc2cc(Br)c(OCOC)c(Br)c2)c1. The summed E-state index contributed by atoms with van der Waals surface area (Å²) in [6.45, 7) is 2.22. The number of hydrogen-bond donors (Lipinski definition) is 0. The summed E-state index contributed by atoms with van der Waals surface area (Å²) in [4.78, 5) is 11.8. The second kappa shape index (κ2) is 9.65. The van der Waals surface area contributed by atoms with Crippen LogP contribution >= 0.6 is 31.9 Å². The Morgan fingerprint density at radius 1 is 1.08 bits per heavy atom. The number of halogens is 2. The first-order valence-corrected chi connectivity index (χ1v) is 8.93. The molecule has 0 heterocycles. The van der Waals surface area contributed by atoms with Crippen molar-refractivity contribution in [2.75, 3.05) is 20.5 Å². The monoisotopic (exact) mass is 470 g/mol. The number of azo groups is 1. The van der Waals surface area contributed by atoms with E-state index < -0.39 is 0 Å². The Morgan fingerprint density at radius 2 is 1.76 bits per heavy atom. The quantitative estimate of drug-likeness (QED) is 0.291. The van der Waals surface area contributed by atoms with Crippen LogP contribution in [0.15, 0.2) is 55.6 Å². The van der Waals surface area contributed by atoms with Gasteiger partial charge in [-0.2, -0.15) is 10.2 Å². The summed E-state index contributed by atoms with van der Waals surface area (Å²) in [6.07, 6.45) is 0. The molecule has 0 radical (unpaired) electrons. The number of carbonyl (C=O) groups is 1. The fraction of sp³-hybridized carbons (Fsp3) is 0.235. The van der Waals surface area contributed by atoms with Gasteiger partial charge in [0.15, 0.2) is 12.5 Å². The largest absolute Gasteiger partial charge is 0.465 e. The van der Waals surface area contributed by atoms with Crippen molar-refractivity contribution in [3.8, 4) is 5.75 Å². The second-order valence-electron chi connectivity index (χ2n) is 4.76. The summed E-state index contributed by atoms with van der Waals surface area (Å²) in [7, 11) is 1.55. The van der Waals surface area contributed by atoms with Crippen molar-refractivity contribution >= 4 is 49.2 Å². The van der Waals surface area contributed by atoms with Crippen LogP contribution in [0.25, 0.3) is 0 Å². The molecule has 0 aliphatic heterocycles. The molecule has 0 spiro atoms. The van der Waals surface area contributed by atoms with Crippen molar-refractivity contribution in [1.82, 2.24) is 0 Å². The lowest BCUT2D eigenvalue weighted by molar-refractivity contribution is 0.0500. The molecule has 0 aliphatic rings. The van der Waals surface area contributed by atoms with E-state index in [-0.39, 0.29) is 12.8 Å². The predicted octanol–water partition coefficient (Wildman–Crippen LogP) is 5.79. The summed E-state index contributed by atoms with van der Waals surface area (Å²) >= 11 is 6.86. The topological polar surface area (TPSA) is 69.5 Å². The van der Waals surface area contributed by atoms with Gasteiger partial charge in [-0.25, -0.2) is 4.79 Å². The first kappa shape index (κ1) is 19.6. The molecule has 6 nitrogen and oxygen atoms in total. The van der Waals surface area contributed by atoms with E-state index in [1.807, 2.05) is 0 Å². The molecular formula is C17H16Br2N2O4. The lowest BCUT2D eigenvalue weighted by Crippen LogP contribution is -2.03. The van der Waals surface area contributed by atoms with E-state index >= 15 is 0 Å². The van der Waals surface area contributed by atoms with Crippen molar-refractivity contribution < 1.29 is 19.0 Å². The first-order valence-electron chi connectivity index (χ1n) is 7.34. The molecule has 0 amide bonds. The summed E-state index contributed by atoms with van der Waals surface area (Å²) in [5.41, 5.74) is 1.60. The number of methoxy groups -OCH3 is 1. The van der Waals surface area contributed by atoms with E-state index in [0.717, 1.165) is 0 Å². The normalized spacial score (nSPS) is 10.9. The second-order valence-corrected chi connectivity index (χ2v) is 6.47. The van der Waals surface area contributed by atoms with Crippen molar-refractivity contribution in [3.63, 3.8) is 0 Å². The number of benzene rings is 2. The van der Waals surface area contributed by atoms with Gasteiger partial charge in [-0.15, -0.1) is 0 Å². The molecule has 8 heteroatoms. The van der Waals surface area contributed by atoms with Gasteiger partial charge in [0.1, 0.15) is 0 Å². The van der Waals surface area contributed by atoms with Crippen LogP contribution in [0.2, 0.25) is 0 Å². The molecule has 2 aromatic rings. The summed E-state index contributed by atoms with van der Waals surface area (Å²) in [5, 5.41) is 8.36. The molecule has 0 saturated carbocycles. The molecule has 0 bridgehead atoms. The number of nitrogens with zero attached hydrogens (tertiary/aromatic N) is 2. The third-order valence-corrected chi connectivity index (χ3v) is 4.12. The molecule has 132 valence electrons. The highest BCUT2D eigenvalue weighted by Gasteiger charge is 2.09. The number of rotatable bonds is 7. The van der Waals surface area contributed by atoms with Gasteiger partial charge in [0, 0.05) is 7.11 Å². The molecule has 0 unspecified atom stereocenters. The van der Waals surface area contributed by atoms with Crippen molar-refractivity contribution in [1.29, 1.82) is 0 Å². The molecule has 0 aromatic heterocycles. The highest BCUT2D eigenvalue weighted by atomic mass is 79.9. The molecule has 25 heavy (non-hydrogen) atoms. The van der Waals surface area contributed by atoms with E-state index in [2.05, 4.69) is 42.1 Å². The molecule has 0 saturated heterocycles. The van der Waals surface area contributed by atoms with Gasteiger partial charge >= 0.3 is 5.97 Å². The molecule has 0 atom stereocenters. The highest BCUT2D eigenvalue weighted by molar-refractivity contribution is 9.11. The van der Waals surface area contributed by atoms with Crippen molar-refractivity contribution in [2.24, 2.45) is 10.2 Å². The Labute approximate surface area is 162 Å². The molecule has 0 fully saturated rings. The Kier molecular flexibility index (Phi) is 7.54. The van der Waals surface area contributed by atoms with Gasteiger partial charge in [-0.05, 0) is 69.1 Å². The van der Waals surface area contributed by atoms with E-state index in [1.165, 1.54) is 0 Å². The predicted molar refractivity (Wildman–Crippen MR) is 101 cm³/mol. The van der Waals surface area contributed by atoms with Gasteiger partial charge < -0.3 is 14.2 Å². The van der Waals surface area contributed by atoms with Crippen LogP contribution in [0.4, 0.5) is 11.4 Å². The zero-order valence-electron chi connectivity index (χ0n) is 13.7. The lowest BCUT2D eigenvalue weighted by Gasteiger charge is -2.09. The van der Waals surface area contributed by atoms with Crippen LogP contribution < -0.4 is 4.74 Å². The van der Waals surface area contributed by atoms with Gasteiger partial charge in [0.05, 0.1) is 32.5 Å². The molecule has 0 aliphatic carbocycles. The van der Waals surface area contributed by atoms with E-state index in [1.54, 1.807) is 50.4 Å². The minimum absolute atomic E-state index is 0.138. The molecule has 2 aromatic carbocycles. The maximum Gasteiger partial charge on any atom is 0.338 e. The van der Waals surface area contributed by atoms with Crippen LogP contribution in [-0.2, 0) is 9.47 Å². The number of ether oxygens (including phenoxy) is 3. The average Bonchev–Trinajstić information content (AvgIpc) is 2.60. The smallest absolute Gasteiger partial charge is 0.338 e. The first-order chi connectivity index (χ1) is 12.0. The van der Waals surface area contributed by atoms with E-state index in [0.29, 0.717) is 38.2 Å². The van der Waals surface area contributed by atoms with Gasteiger partial charge in [0.2, 0.25) is 0 Å². The summed E-state index contributed by atoms with van der Waals surface area (Å²) < 4.78 is 16.8. The molecule has 2 rings (SSSR count). The number of hydrogen-bond acceptors (Lipinski definition) is 6. The van der Waals surface area contributed by atoms with E-state index in [9.17, 15) is 4.79 Å². The fourth-order valence-corrected chi connectivity index (χ4v) is 3.28. The fourth-order valence-electron chi connectivity index (χ4n) is 1.88. The highest BCUT2D eigenvalue weighted by Crippen LogP contribution is 2.37. The van der Waals surface area contributed by atoms with Crippen LogP contribution in [-0.4, -0.2) is 26.5 Å². The summed E-state index contributed by atoms with van der Waals surface area (Å²) in [5.74, 6) is 0.231. The van der Waals surface area contributed by atoms with Crippen LogP contribution in [0, 0.1) is 0 Å². The molecular weight excluding hydrogens is 456 g/mol. The maximum atomic E-state index is 11.8. The minimum Gasteiger partial charge on any atom is -0.465 e. The summed E-state index contributed by atoms with van der Waals surface area (Å²) in [6, 6.07) is 10.3. The van der Waals surface area contributed by atoms with Crippen molar-refractivity contribution in [2.45, 2.75) is 6.92 Å². The Balaban J connectivity index is 2.19. The van der Waals surface area contributed by atoms with Gasteiger partial charge in [-0.3, -0.25) is 0 Å². The average molecular weight is 472 g/mol. The zero-order chi connectivity index (χ0) is 18.2. The van der Waals surface area contributed by atoms with Gasteiger partial charge in [-0.1, -0.05) is 6.07 Å². The number of carbonyl (C=O) groups excluding carboxylic acids is 1. The Hall–Kier alpha value is -1.77. The molecule has 0 N–H and O–H groups in total. The van der Waals surface area contributed by atoms with E-state index in [4.69, 9.17) is 14.2 Å². The Morgan fingerprint density at radius 3 is 2.40 bits per heavy atom. The van der Waals surface area contributed by atoms with Crippen LogP contribution in [0.1, 0.15) is 17.3 Å². The standard InChI is InChI=1S/C17H16Br2N2O4/c1-3-24-17(22)11-5-4-6-12(7-11)20-21-13-8-14(18)16(15(19)9-13)25-10-23-2/h4-9H,3,10H2,1-2H3. The third kappa shape index (κ3) is 5.62. The maximum absolute atomic E-state index is 11.8. The van der Waals surface area contributed by atoms with Crippen LogP contribution in [0.5, 0.6) is 5.75 Å². The zero-order valence-corrected chi connectivity index (χ0v) is 16.8. The van der Waals surface area contributed by atoms with Gasteiger partial charge in [0.25, 0.3) is 0 Å². The van der Waals surface area contributed by atoms with Crippen molar-refractivity contribution in [3.05, 3.63) is 50.9 Å². The number of esters is 1. The lowest BCUT2D eigenvalue weighted by atomic mass is 10.2. The third-order valence-electron chi connectivity index (χ3n) is 2.94. The minimum atomic E-state index is -0.385. The van der Waals surface area contributed by atoms with Crippen LogP contribution in [0.3, 0.4) is 0 Å².